The maximum absolute atomic E-state index is 11.4. The zero-order valence-electron chi connectivity index (χ0n) is 13.2. The number of aryl methyl sites for hydroxylation is 1. The Balaban J connectivity index is 2.00. The summed E-state index contributed by atoms with van der Waals surface area (Å²) in [4.78, 5) is 16.2. The molecule has 24 heavy (non-hydrogen) atoms. The Morgan fingerprint density at radius 2 is 2.04 bits per heavy atom. The van der Waals surface area contributed by atoms with Crippen molar-refractivity contribution in [2.45, 2.75) is 32.1 Å². The highest BCUT2D eigenvalue weighted by Gasteiger charge is 2.28. The molecule has 0 atom stereocenters. The van der Waals surface area contributed by atoms with Crippen molar-refractivity contribution >= 4 is 39.1 Å². The lowest BCUT2D eigenvalue weighted by molar-refractivity contribution is -0.136. The van der Waals surface area contributed by atoms with Crippen molar-refractivity contribution in [1.29, 1.82) is 0 Å². The highest BCUT2D eigenvalue weighted by atomic mass is 35.5. The molecule has 0 aliphatic heterocycles. The molecule has 1 aliphatic carbocycles. The van der Waals surface area contributed by atoms with Crippen molar-refractivity contribution in [1.82, 2.24) is 4.98 Å². The second-order valence-corrected chi connectivity index (χ2v) is 7.77. The van der Waals surface area contributed by atoms with Gasteiger partial charge in [0.15, 0.2) is 0 Å². The maximum Gasteiger partial charge on any atom is 0.307 e. The molecule has 5 heteroatoms. The summed E-state index contributed by atoms with van der Waals surface area (Å²) in [5, 5.41) is 11.2. The number of aliphatic carboxylic acids is 1. The van der Waals surface area contributed by atoms with Crippen molar-refractivity contribution in [2.24, 2.45) is 0 Å². The van der Waals surface area contributed by atoms with Gasteiger partial charge in [0.25, 0.3) is 0 Å². The van der Waals surface area contributed by atoms with Crippen LogP contribution in [0.2, 0.25) is 5.02 Å². The fourth-order valence-corrected chi connectivity index (χ4v) is 4.49. The SMILES string of the molecule is Cc1cc2nc(C3CC3)sc2c(-c2ccc(Cl)cc2)c1CC(=O)O. The summed E-state index contributed by atoms with van der Waals surface area (Å²) >= 11 is 7.73. The fourth-order valence-electron chi connectivity index (χ4n) is 3.06. The van der Waals surface area contributed by atoms with E-state index in [4.69, 9.17) is 16.6 Å². The molecule has 3 aromatic rings. The number of rotatable bonds is 4. The number of hydrogen-bond acceptors (Lipinski definition) is 3. The number of carbonyl (C=O) groups is 1. The summed E-state index contributed by atoms with van der Waals surface area (Å²) < 4.78 is 1.08. The minimum Gasteiger partial charge on any atom is -0.481 e. The number of carboxylic acid groups (broad SMARTS) is 1. The Labute approximate surface area is 148 Å². The zero-order valence-corrected chi connectivity index (χ0v) is 14.7. The fraction of sp³-hybridized carbons (Fsp3) is 0.263. The van der Waals surface area contributed by atoms with Crippen molar-refractivity contribution in [3.05, 3.63) is 51.5 Å². The summed E-state index contributed by atoms with van der Waals surface area (Å²) in [5.41, 5.74) is 4.80. The molecule has 0 unspecified atom stereocenters. The number of aromatic nitrogens is 1. The van der Waals surface area contributed by atoms with E-state index in [2.05, 4.69) is 0 Å². The number of hydrogen-bond donors (Lipinski definition) is 1. The van der Waals surface area contributed by atoms with Crippen LogP contribution in [0.5, 0.6) is 0 Å². The van der Waals surface area contributed by atoms with E-state index in [-0.39, 0.29) is 6.42 Å². The van der Waals surface area contributed by atoms with E-state index in [1.807, 2.05) is 37.3 Å². The van der Waals surface area contributed by atoms with E-state index in [1.54, 1.807) is 11.3 Å². The average molecular weight is 358 g/mol. The topological polar surface area (TPSA) is 50.2 Å². The normalized spacial score (nSPS) is 14.2. The number of carboxylic acids is 1. The lowest BCUT2D eigenvalue weighted by Gasteiger charge is -2.13. The number of nitrogens with zero attached hydrogens (tertiary/aromatic N) is 1. The molecule has 1 aliphatic rings. The molecule has 0 amide bonds. The molecule has 0 spiro atoms. The van der Waals surface area contributed by atoms with Gasteiger partial charge in [-0.1, -0.05) is 23.7 Å². The molecule has 1 N–H and O–H groups in total. The molecule has 122 valence electrons. The second-order valence-electron chi connectivity index (χ2n) is 6.30. The number of benzene rings is 2. The van der Waals surface area contributed by atoms with Gasteiger partial charge in [0.2, 0.25) is 0 Å². The number of fused-ring (bicyclic) bond motifs is 1. The van der Waals surface area contributed by atoms with Crippen LogP contribution in [0.1, 0.15) is 34.9 Å². The third kappa shape index (κ3) is 2.80. The predicted molar refractivity (Wildman–Crippen MR) is 98.1 cm³/mol. The van der Waals surface area contributed by atoms with Gasteiger partial charge in [-0.05, 0) is 54.7 Å². The van der Waals surface area contributed by atoms with Crippen LogP contribution in [0, 0.1) is 6.92 Å². The van der Waals surface area contributed by atoms with E-state index in [0.29, 0.717) is 10.9 Å². The van der Waals surface area contributed by atoms with Crippen LogP contribution in [-0.2, 0) is 11.2 Å². The maximum atomic E-state index is 11.4. The van der Waals surface area contributed by atoms with Crippen molar-refractivity contribution in [3.63, 3.8) is 0 Å². The molecule has 1 fully saturated rings. The third-order valence-electron chi connectivity index (χ3n) is 4.42. The molecule has 1 heterocycles. The predicted octanol–water partition coefficient (Wildman–Crippen LogP) is 5.43. The summed E-state index contributed by atoms with van der Waals surface area (Å²) in [6.07, 6.45) is 2.42. The van der Waals surface area contributed by atoms with Crippen LogP contribution < -0.4 is 0 Å². The highest BCUT2D eigenvalue weighted by molar-refractivity contribution is 7.19. The Hall–Kier alpha value is -1.91. The average Bonchev–Trinajstić information content (AvgIpc) is 3.30. The van der Waals surface area contributed by atoms with Crippen molar-refractivity contribution in [3.8, 4) is 11.1 Å². The quantitative estimate of drug-likeness (QED) is 0.677. The van der Waals surface area contributed by atoms with Crippen LogP contribution in [0.3, 0.4) is 0 Å². The summed E-state index contributed by atoms with van der Waals surface area (Å²) in [5.74, 6) is -0.233. The Morgan fingerprint density at radius 3 is 2.67 bits per heavy atom. The molecule has 2 aromatic carbocycles. The molecular weight excluding hydrogens is 342 g/mol. The largest absolute Gasteiger partial charge is 0.481 e. The van der Waals surface area contributed by atoms with E-state index in [0.717, 1.165) is 32.5 Å². The summed E-state index contributed by atoms with van der Waals surface area (Å²) in [6.45, 7) is 1.97. The highest BCUT2D eigenvalue weighted by Crippen LogP contribution is 2.46. The number of thiazole rings is 1. The van der Waals surface area contributed by atoms with E-state index < -0.39 is 5.97 Å². The second kappa shape index (κ2) is 5.87. The van der Waals surface area contributed by atoms with Gasteiger partial charge in [-0.25, -0.2) is 4.98 Å². The lowest BCUT2D eigenvalue weighted by Crippen LogP contribution is -2.04. The van der Waals surface area contributed by atoms with Crippen molar-refractivity contribution < 1.29 is 9.90 Å². The Kier molecular flexibility index (Phi) is 3.82. The first-order valence-corrected chi connectivity index (χ1v) is 9.13. The molecule has 3 nitrogen and oxygen atoms in total. The molecule has 0 bridgehead atoms. The van der Waals surface area contributed by atoms with E-state index in [9.17, 15) is 9.90 Å². The summed E-state index contributed by atoms with van der Waals surface area (Å²) in [6, 6.07) is 9.63. The number of halogens is 1. The third-order valence-corrected chi connectivity index (χ3v) is 5.92. The molecule has 0 saturated heterocycles. The van der Waals surface area contributed by atoms with Crippen LogP contribution in [0.15, 0.2) is 30.3 Å². The van der Waals surface area contributed by atoms with E-state index >= 15 is 0 Å². The minimum atomic E-state index is -0.820. The first-order valence-electron chi connectivity index (χ1n) is 7.93. The standard InChI is InChI=1S/C19H16ClNO2S/c1-10-8-15-18(24-19(21-15)12-2-3-12)17(14(10)9-16(22)23)11-4-6-13(20)7-5-11/h4-8,12H,2-3,9H2,1H3,(H,22,23). The van der Waals surface area contributed by atoms with Gasteiger partial charge in [0, 0.05) is 16.5 Å². The van der Waals surface area contributed by atoms with Crippen LogP contribution >= 0.6 is 22.9 Å². The molecule has 1 aromatic heterocycles. The molecular formula is C19H16ClNO2S. The van der Waals surface area contributed by atoms with Gasteiger partial charge in [-0.3, -0.25) is 4.79 Å². The van der Waals surface area contributed by atoms with Crippen LogP contribution in [-0.4, -0.2) is 16.1 Å². The molecule has 1 saturated carbocycles. The van der Waals surface area contributed by atoms with Gasteiger partial charge in [0.05, 0.1) is 21.6 Å². The first kappa shape index (κ1) is 15.6. The van der Waals surface area contributed by atoms with Gasteiger partial charge < -0.3 is 5.11 Å². The molecule has 4 rings (SSSR count). The van der Waals surface area contributed by atoms with Crippen LogP contribution in [0.25, 0.3) is 21.3 Å². The smallest absolute Gasteiger partial charge is 0.307 e. The Bertz CT molecular complexity index is 942. The summed E-state index contributed by atoms with van der Waals surface area (Å²) in [7, 11) is 0. The van der Waals surface area contributed by atoms with Crippen LogP contribution in [0.4, 0.5) is 0 Å². The molecule has 0 radical (unpaired) electrons. The zero-order chi connectivity index (χ0) is 16.8. The van der Waals surface area contributed by atoms with E-state index in [1.165, 1.54) is 17.8 Å². The lowest BCUT2D eigenvalue weighted by atomic mass is 9.93. The van der Waals surface area contributed by atoms with Gasteiger partial charge in [-0.15, -0.1) is 11.3 Å². The van der Waals surface area contributed by atoms with Gasteiger partial charge in [-0.2, -0.15) is 0 Å². The van der Waals surface area contributed by atoms with Crippen molar-refractivity contribution in [2.75, 3.05) is 0 Å². The van der Waals surface area contributed by atoms with Gasteiger partial charge >= 0.3 is 5.97 Å². The monoisotopic (exact) mass is 357 g/mol. The Morgan fingerprint density at radius 1 is 1.33 bits per heavy atom. The first-order chi connectivity index (χ1) is 11.5. The van der Waals surface area contributed by atoms with Gasteiger partial charge in [0.1, 0.15) is 0 Å². The minimum absolute atomic E-state index is 0.0103.